The number of rotatable bonds is 3. The molecule has 2 aromatic rings. The van der Waals surface area contributed by atoms with Crippen molar-refractivity contribution in [3.63, 3.8) is 0 Å². The van der Waals surface area contributed by atoms with Crippen molar-refractivity contribution < 1.29 is 4.79 Å². The van der Waals surface area contributed by atoms with E-state index in [0.717, 1.165) is 5.56 Å². The van der Waals surface area contributed by atoms with Crippen LogP contribution >= 0.6 is 11.6 Å². The van der Waals surface area contributed by atoms with E-state index in [2.05, 4.69) is 15.6 Å². The molecule has 2 N–H and O–H groups in total. The molecule has 0 saturated heterocycles. The van der Waals surface area contributed by atoms with Crippen molar-refractivity contribution in [2.45, 2.75) is 6.92 Å². The Bertz CT molecular complexity index is 593. The van der Waals surface area contributed by atoms with Crippen LogP contribution in [0.25, 0.3) is 0 Å². The topological polar surface area (TPSA) is 54.0 Å². The second kappa shape index (κ2) is 5.71. The fourth-order valence-electron chi connectivity index (χ4n) is 1.68. The highest BCUT2D eigenvalue weighted by molar-refractivity contribution is 6.34. The number of hydrogen-bond acceptors (Lipinski definition) is 3. The zero-order valence-electron chi connectivity index (χ0n) is 10.7. The normalized spacial score (nSPS) is 10.1. The first-order valence-corrected chi connectivity index (χ1v) is 6.20. The van der Waals surface area contributed by atoms with Crippen molar-refractivity contribution in [3.8, 4) is 0 Å². The van der Waals surface area contributed by atoms with E-state index in [0.29, 0.717) is 22.1 Å². The van der Waals surface area contributed by atoms with Crippen LogP contribution in [-0.4, -0.2) is 17.9 Å². The first-order chi connectivity index (χ1) is 9.11. The van der Waals surface area contributed by atoms with E-state index in [9.17, 15) is 4.79 Å². The van der Waals surface area contributed by atoms with Crippen molar-refractivity contribution in [2.24, 2.45) is 0 Å². The van der Waals surface area contributed by atoms with Crippen LogP contribution in [0, 0.1) is 6.92 Å². The van der Waals surface area contributed by atoms with Crippen LogP contribution in [-0.2, 0) is 0 Å². The number of para-hydroxylation sites is 1. The molecule has 0 aliphatic rings. The summed E-state index contributed by atoms with van der Waals surface area (Å²) in [7, 11) is 1.75. The lowest BCUT2D eigenvalue weighted by Gasteiger charge is -2.10. The number of hydrogen-bond donors (Lipinski definition) is 2. The van der Waals surface area contributed by atoms with Gasteiger partial charge in [-0.3, -0.25) is 4.79 Å². The van der Waals surface area contributed by atoms with Gasteiger partial charge in [0.05, 0.1) is 10.7 Å². The largest absolute Gasteiger partial charge is 0.373 e. The van der Waals surface area contributed by atoms with Gasteiger partial charge in [0.2, 0.25) is 0 Å². The molecule has 0 bridgehead atoms. The summed E-state index contributed by atoms with van der Waals surface area (Å²) in [6.45, 7) is 1.90. The fourth-order valence-corrected chi connectivity index (χ4v) is 1.95. The molecule has 0 fully saturated rings. The maximum atomic E-state index is 12.2. The van der Waals surface area contributed by atoms with Crippen molar-refractivity contribution in [1.29, 1.82) is 0 Å². The third kappa shape index (κ3) is 3.03. The smallest absolute Gasteiger partial charge is 0.255 e. The van der Waals surface area contributed by atoms with E-state index in [1.54, 1.807) is 31.4 Å². The van der Waals surface area contributed by atoms with Gasteiger partial charge >= 0.3 is 0 Å². The highest BCUT2D eigenvalue weighted by Crippen LogP contribution is 2.25. The number of benzene rings is 1. The maximum Gasteiger partial charge on any atom is 0.255 e. The molecule has 0 unspecified atom stereocenters. The van der Waals surface area contributed by atoms with Crippen molar-refractivity contribution in [3.05, 3.63) is 52.7 Å². The molecule has 1 aromatic heterocycles. The van der Waals surface area contributed by atoms with Gasteiger partial charge in [0.1, 0.15) is 5.82 Å². The van der Waals surface area contributed by atoms with E-state index in [-0.39, 0.29) is 5.91 Å². The van der Waals surface area contributed by atoms with E-state index in [1.165, 1.54) is 0 Å². The quantitative estimate of drug-likeness (QED) is 0.903. The van der Waals surface area contributed by atoms with E-state index >= 15 is 0 Å². The van der Waals surface area contributed by atoms with E-state index in [1.807, 2.05) is 19.1 Å². The Balaban J connectivity index is 2.25. The molecular formula is C14H14ClN3O. The highest BCUT2D eigenvalue weighted by Gasteiger charge is 2.10. The minimum atomic E-state index is -0.213. The maximum absolute atomic E-state index is 12.2. The Morgan fingerprint density at radius 1 is 1.32 bits per heavy atom. The van der Waals surface area contributed by atoms with Gasteiger partial charge in [0.25, 0.3) is 5.91 Å². The average Bonchev–Trinajstić information content (AvgIpc) is 2.43. The molecular weight excluding hydrogens is 262 g/mol. The third-order valence-electron chi connectivity index (χ3n) is 2.74. The van der Waals surface area contributed by atoms with Crippen molar-refractivity contribution >= 4 is 29.0 Å². The standard InChI is InChI=1S/C14H14ClN3O/c1-9-4-3-5-11(15)13(9)18-14(19)10-6-7-17-12(8-10)16-2/h3-8H,1-2H3,(H,16,17)(H,18,19). The molecule has 0 saturated carbocycles. The minimum absolute atomic E-state index is 0.213. The van der Waals surface area contributed by atoms with Crippen LogP contribution < -0.4 is 10.6 Å². The van der Waals surface area contributed by atoms with Crippen LogP contribution in [0.15, 0.2) is 36.5 Å². The summed E-state index contributed by atoms with van der Waals surface area (Å²) in [5.41, 5.74) is 2.08. The van der Waals surface area contributed by atoms with Gasteiger partial charge in [-0.1, -0.05) is 23.7 Å². The number of halogens is 1. The van der Waals surface area contributed by atoms with Gasteiger partial charge in [0.15, 0.2) is 0 Å². The molecule has 2 rings (SSSR count). The zero-order chi connectivity index (χ0) is 13.8. The summed E-state index contributed by atoms with van der Waals surface area (Å²) in [5.74, 6) is 0.429. The predicted molar refractivity (Wildman–Crippen MR) is 77.9 cm³/mol. The number of nitrogens with zero attached hydrogens (tertiary/aromatic N) is 1. The van der Waals surface area contributed by atoms with Crippen molar-refractivity contribution in [2.75, 3.05) is 17.7 Å². The van der Waals surface area contributed by atoms with E-state index < -0.39 is 0 Å². The Morgan fingerprint density at radius 2 is 2.11 bits per heavy atom. The molecule has 19 heavy (non-hydrogen) atoms. The number of aromatic nitrogens is 1. The number of amides is 1. The molecule has 1 amide bonds. The summed E-state index contributed by atoms with van der Waals surface area (Å²) >= 11 is 6.08. The molecule has 1 aromatic carbocycles. The zero-order valence-corrected chi connectivity index (χ0v) is 11.5. The first kappa shape index (κ1) is 13.4. The SMILES string of the molecule is CNc1cc(C(=O)Nc2c(C)cccc2Cl)ccn1. The van der Waals surface area contributed by atoms with Gasteiger partial charge in [-0.25, -0.2) is 4.98 Å². The van der Waals surface area contributed by atoms with Crippen molar-refractivity contribution in [1.82, 2.24) is 4.98 Å². The molecule has 0 atom stereocenters. The number of anilines is 2. The number of carbonyl (C=O) groups excluding carboxylic acids is 1. The van der Waals surface area contributed by atoms with Gasteiger partial charge in [-0.2, -0.15) is 0 Å². The Morgan fingerprint density at radius 3 is 2.79 bits per heavy atom. The number of aryl methyl sites for hydroxylation is 1. The van der Waals surface area contributed by atoms with Crippen LogP contribution in [0.4, 0.5) is 11.5 Å². The van der Waals surface area contributed by atoms with Crippen LogP contribution in [0.3, 0.4) is 0 Å². The molecule has 0 aliphatic heterocycles. The lowest BCUT2D eigenvalue weighted by molar-refractivity contribution is 0.102. The fraction of sp³-hybridized carbons (Fsp3) is 0.143. The molecule has 0 aliphatic carbocycles. The Kier molecular flexibility index (Phi) is 4.02. The number of nitrogens with one attached hydrogen (secondary N) is 2. The van der Waals surface area contributed by atoms with Gasteiger partial charge in [-0.15, -0.1) is 0 Å². The van der Waals surface area contributed by atoms with E-state index in [4.69, 9.17) is 11.6 Å². The summed E-state index contributed by atoms with van der Waals surface area (Å²) in [5, 5.41) is 6.24. The summed E-state index contributed by atoms with van der Waals surface area (Å²) < 4.78 is 0. The van der Waals surface area contributed by atoms with Crippen LogP contribution in [0.1, 0.15) is 15.9 Å². The molecule has 5 heteroatoms. The summed E-state index contributed by atoms with van der Waals surface area (Å²) in [4.78, 5) is 16.2. The second-order valence-corrected chi connectivity index (χ2v) is 4.47. The summed E-state index contributed by atoms with van der Waals surface area (Å²) in [6.07, 6.45) is 1.58. The Labute approximate surface area is 116 Å². The lowest BCUT2D eigenvalue weighted by Crippen LogP contribution is -2.13. The number of pyridine rings is 1. The molecule has 0 spiro atoms. The van der Waals surface area contributed by atoms with Crippen LogP contribution in [0.2, 0.25) is 5.02 Å². The average molecular weight is 276 g/mol. The second-order valence-electron chi connectivity index (χ2n) is 4.07. The number of carbonyl (C=O) groups is 1. The Hall–Kier alpha value is -2.07. The molecule has 1 heterocycles. The lowest BCUT2D eigenvalue weighted by atomic mass is 10.2. The summed E-state index contributed by atoms with van der Waals surface area (Å²) in [6, 6.07) is 8.82. The highest BCUT2D eigenvalue weighted by atomic mass is 35.5. The minimum Gasteiger partial charge on any atom is -0.373 e. The van der Waals surface area contributed by atoms with Gasteiger partial charge < -0.3 is 10.6 Å². The van der Waals surface area contributed by atoms with Gasteiger partial charge in [0, 0.05) is 18.8 Å². The molecule has 0 radical (unpaired) electrons. The predicted octanol–water partition coefficient (Wildman–Crippen LogP) is 3.34. The monoisotopic (exact) mass is 275 g/mol. The third-order valence-corrected chi connectivity index (χ3v) is 3.05. The van der Waals surface area contributed by atoms with Crippen LogP contribution in [0.5, 0.6) is 0 Å². The molecule has 98 valence electrons. The van der Waals surface area contributed by atoms with Gasteiger partial charge in [-0.05, 0) is 30.7 Å². The molecule has 4 nitrogen and oxygen atoms in total. The first-order valence-electron chi connectivity index (χ1n) is 5.82.